The van der Waals surface area contributed by atoms with E-state index in [1.807, 2.05) is 18.2 Å². The lowest BCUT2D eigenvalue weighted by molar-refractivity contribution is 0.102. The molecule has 0 aliphatic heterocycles. The van der Waals surface area contributed by atoms with Crippen LogP contribution < -0.4 is 15.8 Å². The lowest BCUT2D eigenvalue weighted by atomic mass is 10.1. The number of carbonyl (C=O) groups is 1. The van der Waals surface area contributed by atoms with Crippen molar-refractivity contribution in [1.29, 1.82) is 0 Å². The standard InChI is InChI=1S/C16H15N3O2/c1-21-16-13(8-5-11-18-16)15(20)19-14-9-3-2-6-12(14)7-4-10-17/h2-3,5-6,8-9,11H,10,17H2,1H3,(H,19,20). The van der Waals surface area contributed by atoms with E-state index in [4.69, 9.17) is 10.5 Å². The fourth-order valence-corrected chi connectivity index (χ4v) is 1.76. The molecule has 0 unspecified atom stereocenters. The van der Waals surface area contributed by atoms with Crippen molar-refractivity contribution in [1.82, 2.24) is 4.98 Å². The Hall–Kier alpha value is -2.84. The number of anilines is 1. The zero-order chi connectivity index (χ0) is 15.1. The molecule has 1 amide bonds. The fraction of sp³-hybridized carbons (Fsp3) is 0.125. The third kappa shape index (κ3) is 3.59. The average molecular weight is 281 g/mol. The lowest BCUT2D eigenvalue weighted by Gasteiger charge is -2.09. The van der Waals surface area contributed by atoms with Gasteiger partial charge in [0.1, 0.15) is 5.56 Å². The van der Waals surface area contributed by atoms with Gasteiger partial charge in [0.05, 0.1) is 19.3 Å². The van der Waals surface area contributed by atoms with Crippen molar-refractivity contribution in [2.75, 3.05) is 19.0 Å². The van der Waals surface area contributed by atoms with E-state index in [1.165, 1.54) is 7.11 Å². The van der Waals surface area contributed by atoms with Crippen molar-refractivity contribution in [2.45, 2.75) is 0 Å². The number of hydrogen-bond acceptors (Lipinski definition) is 4. The predicted octanol–water partition coefficient (Wildman–Crippen LogP) is 1.65. The molecule has 21 heavy (non-hydrogen) atoms. The second-order valence-electron chi connectivity index (χ2n) is 4.07. The van der Waals surface area contributed by atoms with Crippen molar-refractivity contribution in [3.63, 3.8) is 0 Å². The number of para-hydroxylation sites is 1. The summed E-state index contributed by atoms with van der Waals surface area (Å²) >= 11 is 0. The molecule has 5 heteroatoms. The van der Waals surface area contributed by atoms with Crippen LogP contribution in [0.4, 0.5) is 5.69 Å². The van der Waals surface area contributed by atoms with E-state index in [-0.39, 0.29) is 18.3 Å². The minimum absolute atomic E-state index is 0.263. The number of pyridine rings is 1. The molecule has 0 bridgehead atoms. The highest BCUT2D eigenvalue weighted by Crippen LogP contribution is 2.18. The quantitative estimate of drug-likeness (QED) is 0.839. The molecule has 0 fully saturated rings. The summed E-state index contributed by atoms with van der Waals surface area (Å²) in [4.78, 5) is 16.3. The summed E-state index contributed by atoms with van der Waals surface area (Å²) in [5.74, 6) is 5.67. The van der Waals surface area contributed by atoms with Crippen LogP contribution in [0.25, 0.3) is 0 Å². The molecule has 106 valence electrons. The molecule has 0 atom stereocenters. The van der Waals surface area contributed by atoms with Crippen LogP contribution in [0.1, 0.15) is 15.9 Å². The van der Waals surface area contributed by atoms with E-state index in [2.05, 4.69) is 22.1 Å². The molecular formula is C16H15N3O2. The van der Waals surface area contributed by atoms with Crippen LogP contribution in [0.2, 0.25) is 0 Å². The lowest BCUT2D eigenvalue weighted by Crippen LogP contribution is -2.14. The van der Waals surface area contributed by atoms with Gasteiger partial charge in [0.2, 0.25) is 5.88 Å². The first-order valence-electron chi connectivity index (χ1n) is 6.34. The number of nitrogens with one attached hydrogen (secondary N) is 1. The average Bonchev–Trinajstić information content (AvgIpc) is 2.54. The van der Waals surface area contributed by atoms with Crippen LogP contribution in [0.3, 0.4) is 0 Å². The van der Waals surface area contributed by atoms with E-state index in [0.717, 1.165) is 0 Å². The topological polar surface area (TPSA) is 77.2 Å². The van der Waals surface area contributed by atoms with Crippen LogP contribution in [0.5, 0.6) is 5.88 Å². The number of rotatable bonds is 3. The summed E-state index contributed by atoms with van der Waals surface area (Å²) in [5, 5.41) is 2.81. The highest BCUT2D eigenvalue weighted by atomic mass is 16.5. The predicted molar refractivity (Wildman–Crippen MR) is 81.1 cm³/mol. The maximum Gasteiger partial charge on any atom is 0.261 e. The summed E-state index contributed by atoms with van der Waals surface area (Å²) in [6.07, 6.45) is 1.57. The van der Waals surface area contributed by atoms with Gasteiger partial charge < -0.3 is 15.8 Å². The molecule has 2 rings (SSSR count). The smallest absolute Gasteiger partial charge is 0.261 e. The highest BCUT2D eigenvalue weighted by Gasteiger charge is 2.13. The Morgan fingerprint density at radius 3 is 2.90 bits per heavy atom. The van der Waals surface area contributed by atoms with Gasteiger partial charge in [0, 0.05) is 11.8 Å². The second-order valence-corrected chi connectivity index (χ2v) is 4.07. The van der Waals surface area contributed by atoms with E-state index in [9.17, 15) is 4.79 Å². The van der Waals surface area contributed by atoms with Gasteiger partial charge in [-0.2, -0.15) is 0 Å². The Bertz CT molecular complexity index is 702. The molecular weight excluding hydrogens is 266 g/mol. The van der Waals surface area contributed by atoms with Crippen LogP contribution in [0.15, 0.2) is 42.6 Å². The van der Waals surface area contributed by atoms with Gasteiger partial charge in [-0.25, -0.2) is 4.98 Å². The number of amides is 1. The van der Waals surface area contributed by atoms with Gasteiger partial charge in [0.25, 0.3) is 5.91 Å². The fourth-order valence-electron chi connectivity index (χ4n) is 1.76. The summed E-state index contributed by atoms with van der Waals surface area (Å²) < 4.78 is 5.08. The molecule has 3 N–H and O–H groups in total. The van der Waals surface area contributed by atoms with E-state index in [0.29, 0.717) is 16.8 Å². The first-order chi connectivity index (χ1) is 10.3. The Morgan fingerprint density at radius 2 is 2.14 bits per heavy atom. The first-order valence-corrected chi connectivity index (χ1v) is 6.34. The van der Waals surface area contributed by atoms with Gasteiger partial charge in [0.15, 0.2) is 0 Å². The largest absolute Gasteiger partial charge is 0.480 e. The van der Waals surface area contributed by atoms with Gasteiger partial charge in [-0.15, -0.1) is 0 Å². The number of ether oxygens (including phenoxy) is 1. The monoisotopic (exact) mass is 281 g/mol. The Kier molecular flexibility index (Phi) is 4.91. The third-order valence-corrected chi connectivity index (χ3v) is 2.71. The first kappa shape index (κ1) is 14.6. The Labute approximate surface area is 123 Å². The van der Waals surface area contributed by atoms with Crippen molar-refractivity contribution in [3.05, 3.63) is 53.7 Å². The molecule has 0 saturated carbocycles. The molecule has 0 saturated heterocycles. The molecule has 1 heterocycles. The zero-order valence-electron chi connectivity index (χ0n) is 11.6. The van der Waals surface area contributed by atoms with E-state index < -0.39 is 0 Å². The Balaban J connectivity index is 2.28. The van der Waals surface area contributed by atoms with Crippen LogP contribution in [-0.2, 0) is 0 Å². The minimum atomic E-state index is -0.304. The summed E-state index contributed by atoms with van der Waals surface area (Å²) in [6.45, 7) is 0.263. The van der Waals surface area contributed by atoms with Crippen LogP contribution in [-0.4, -0.2) is 24.5 Å². The maximum atomic E-state index is 12.3. The molecule has 5 nitrogen and oxygen atoms in total. The third-order valence-electron chi connectivity index (χ3n) is 2.71. The van der Waals surface area contributed by atoms with Crippen LogP contribution >= 0.6 is 0 Å². The van der Waals surface area contributed by atoms with Gasteiger partial charge in [-0.3, -0.25) is 4.79 Å². The van der Waals surface area contributed by atoms with Gasteiger partial charge in [-0.1, -0.05) is 24.0 Å². The van der Waals surface area contributed by atoms with Crippen LogP contribution in [0, 0.1) is 11.8 Å². The van der Waals surface area contributed by atoms with Gasteiger partial charge >= 0.3 is 0 Å². The second kappa shape index (κ2) is 7.08. The number of carbonyl (C=O) groups excluding carboxylic acids is 1. The van der Waals surface area contributed by atoms with Crippen molar-refractivity contribution >= 4 is 11.6 Å². The molecule has 1 aromatic carbocycles. The SMILES string of the molecule is COc1ncccc1C(=O)Nc1ccccc1C#CCN. The molecule has 0 spiro atoms. The van der Waals surface area contributed by atoms with Crippen molar-refractivity contribution < 1.29 is 9.53 Å². The molecule has 0 aliphatic carbocycles. The maximum absolute atomic E-state index is 12.3. The van der Waals surface area contributed by atoms with Crippen molar-refractivity contribution in [2.24, 2.45) is 5.73 Å². The van der Waals surface area contributed by atoms with Crippen molar-refractivity contribution in [3.8, 4) is 17.7 Å². The van der Waals surface area contributed by atoms with E-state index in [1.54, 1.807) is 24.4 Å². The summed E-state index contributed by atoms with van der Waals surface area (Å²) in [5.41, 5.74) is 7.06. The number of hydrogen-bond donors (Lipinski definition) is 2. The summed E-state index contributed by atoms with van der Waals surface area (Å²) in [7, 11) is 1.47. The van der Waals surface area contributed by atoms with E-state index >= 15 is 0 Å². The number of aromatic nitrogens is 1. The number of nitrogens with zero attached hydrogens (tertiary/aromatic N) is 1. The molecule has 0 aliphatic rings. The number of nitrogens with two attached hydrogens (primary N) is 1. The Morgan fingerprint density at radius 1 is 1.33 bits per heavy atom. The molecule has 1 aromatic heterocycles. The molecule has 2 aromatic rings. The number of methoxy groups -OCH3 is 1. The summed E-state index contributed by atoms with van der Waals surface area (Å²) in [6, 6.07) is 10.6. The minimum Gasteiger partial charge on any atom is -0.480 e. The highest BCUT2D eigenvalue weighted by molar-refractivity contribution is 6.06. The number of benzene rings is 1. The molecule has 0 radical (unpaired) electrons. The normalized spacial score (nSPS) is 9.43. The zero-order valence-corrected chi connectivity index (χ0v) is 11.6. The van der Waals surface area contributed by atoms with Gasteiger partial charge in [-0.05, 0) is 24.3 Å².